The molecule has 12 nitrogen and oxygen atoms in total. The molecule has 2 heterocycles. The lowest BCUT2D eigenvalue weighted by molar-refractivity contribution is -0.144. The van der Waals surface area contributed by atoms with Crippen LogP contribution in [0.5, 0.6) is 5.75 Å². The molecule has 0 bridgehead atoms. The number of carbonyl (C=O) groups excluding carboxylic acids is 3. The van der Waals surface area contributed by atoms with Gasteiger partial charge in [-0.25, -0.2) is 4.98 Å². The molecule has 49 heavy (non-hydrogen) atoms. The highest BCUT2D eigenvalue weighted by Crippen LogP contribution is 2.29. The van der Waals surface area contributed by atoms with Crippen molar-refractivity contribution in [2.75, 3.05) is 26.4 Å². The first-order chi connectivity index (χ1) is 23.2. The number of nitrogens with zero attached hydrogens (tertiary/aromatic N) is 2. The molecule has 1 fully saturated rings. The van der Waals surface area contributed by atoms with Crippen LogP contribution in [-0.2, 0) is 30.3 Å². The van der Waals surface area contributed by atoms with Crippen LogP contribution in [0.25, 0.3) is 10.4 Å². The van der Waals surface area contributed by atoms with E-state index in [0.717, 1.165) is 27.3 Å². The number of carbonyl (C=O) groups is 4. The number of aliphatic hydroxyl groups excluding tert-OH is 1. The molecule has 0 radical (unpaired) electrons. The standard InChI is InChI=1S/C36H46N4O8S/c1-22(25-9-11-26(12-10-25)32-23(2)37-21-49-32)38-34(45)29-18-27(41)19-40(29)35(46)33(36(3,4)5)39-30(42)20-47-16-17-48-28-13-6-24(7-14-28)8-15-31(43)44/h6-7,9-14,21-22,27,29,33,41H,8,15-20H2,1-5H3,(H,38,45)(H,39,42)(H,43,44)/t22-,27+,29-,33+/m0/s1. The number of aliphatic carboxylic acids is 1. The molecule has 0 unspecified atom stereocenters. The van der Waals surface area contributed by atoms with Crippen LogP contribution >= 0.6 is 11.3 Å². The van der Waals surface area contributed by atoms with Gasteiger partial charge in [0.25, 0.3) is 0 Å². The number of benzene rings is 2. The molecule has 3 amide bonds. The minimum Gasteiger partial charge on any atom is -0.491 e. The summed E-state index contributed by atoms with van der Waals surface area (Å²) in [4.78, 5) is 57.8. The number of ether oxygens (including phenoxy) is 2. The Hall–Kier alpha value is -4.33. The van der Waals surface area contributed by atoms with Crippen LogP contribution in [0.1, 0.15) is 63.4 Å². The molecule has 1 aromatic heterocycles. The molecule has 1 aliphatic heterocycles. The highest BCUT2D eigenvalue weighted by Gasteiger charge is 2.44. The average Bonchev–Trinajstić information content (AvgIpc) is 3.67. The fourth-order valence-corrected chi connectivity index (χ4v) is 6.42. The van der Waals surface area contributed by atoms with E-state index in [2.05, 4.69) is 15.6 Å². The zero-order valence-electron chi connectivity index (χ0n) is 28.6. The molecule has 4 N–H and O–H groups in total. The second kappa shape index (κ2) is 16.9. The lowest BCUT2D eigenvalue weighted by Crippen LogP contribution is -2.58. The van der Waals surface area contributed by atoms with E-state index in [1.165, 1.54) is 4.90 Å². The maximum Gasteiger partial charge on any atom is 0.303 e. The Balaban J connectivity index is 1.28. The van der Waals surface area contributed by atoms with Crippen LogP contribution in [0.2, 0.25) is 0 Å². The topological polar surface area (TPSA) is 167 Å². The monoisotopic (exact) mass is 694 g/mol. The van der Waals surface area contributed by atoms with Gasteiger partial charge in [-0.3, -0.25) is 19.2 Å². The van der Waals surface area contributed by atoms with Gasteiger partial charge in [-0.15, -0.1) is 11.3 Å². The van der Waals surface area contributed by atoms with Gasteiger partial charge in [0.05, 0.1) is 34.8 Å². The number of β-amino-alcohol motifs (C(OH)–C–C–N with tert-alkyl or cyclic N) is 1. The Kier molecular flexibility index (Phi) is 12.9. The lowest BCUT2D eigenvalue weighted by Gasteiger charge is -2.35. The molecule has 0 aliphatic carbocycles. The number of carboxylic acids is 1. The van der Waals surface area contributed by atoms with Crippen molar-refractivity contribution in [2.45, 2.75) is 78.1 Å². The van der Waals surface area contributed by atoms with Crippen molar-refractivity contribution in [3.8, 4) is 16.2 Å². The van der Waals surface area contributed by atoms with E-state index in [9.17, 15) is 24.3 Å². The van der Waals surface area contributed by atoms with Gasteiger partial charge in [-0.2, -0.15) is 0 Å². The Bertz CT molecular complexity index is 1590. The van der Waals surface area contributed by atoms with E-state index in [4.69, 9.17) is 14.6 Å². The minimum atomic E-state index is -0.972. The van der Waals surface area contributed by atoms with Crippen molar-refractivity contribution in [1.29, 1.82) is 0 Å². The smallest absolute Gasteiger partial charge is 0.303 e. The first-order valence-corrected chi connectivity index (χ1v) is 17.2. The van der Waals surface area contributed by atoms with Gasteiger partial charge >= 0.3 is 5.97 Å². The normalized spacial score (nSPS) is 17.3. The predicted molar refractivity (Wildman–Crippen MR) is 185 cm³/mol. The molecule has 264 valence electrons. The number of rotatable bonds is 15. The molecule has 3 aromatic rings. The van der Waals surface area contributed by atoms with Crippen LogP contribution < -0.4 is 15.4 Å². The van der Waals surface area contributed by atoms with Crippen molar-refractivity contribution in [2.24, 2.45) is 5.41 Å². The van der Waals surface area contributed by atoms with Crippen LogP contribution in [-0.4, -0.2) is 88.3 Å². The summed E-state index contributed by atoms with van der Waals surface area (Å²) in [6.07, 6.45) is -0.302. The summed E-state index contributed by atoms with van der Waals surface area (Å²) in [5.41, 5.74) is 4.90. The van der Waals surface area contributed by atoms with E-state index in [0.29, 0.717) is 12.2 Å². The number of likely N-dealkylation sites (tertiary alicyclic amines) is 1. The number of hydrogen-bond acceptors (Lipinski definition) is 9. The fourth-order valence-electron chi connectivity index (χ4n) is 5.61. The van der Waals surface area contributed by atoms with Gasteiger partial charge in [-0.1, -0.05) is 57.2 Å². The van der Waals surface area contributed by atoms with Gasteiger partial charge in [-0.05, 0) is 54.5 Å². The van der Waals surface area contributed by atoms with Gasteiger partial charge in [0.15, 0.2) is 0 Å². The van der Waals surface area contributed by atoms with E-state index in [1.54, 1.807) is 35.6 Å². The summed E-state index contributed by atoms with van der Waals surface area (Å²) in [7, 11) is 0. The summed E-state index contributed by atoms with van der Waals surface area (Å²) >= 11 is 1.57. The SMILES string of the molecule is Cc1ncsc1-c1ccc([C@H](C)NC(=O)[C@@H]2C[C@@H](O)CN2C(=O)[C@@H](NC(=O)COCCOc2ccc(CCC(=O)O)cc2)C(C)(C)C)cc1. The summed E-state index contributed by atoms with van der Waals surface area (Å²) in [5.74, 6) is -1.59. The zero-order chi connectivity index (χ0) is 35.7. The highest BCUT2D eigenvalue weighted by molar-refractivity contribution is 7.13. The number of hydrogen-bond donors (Lipinski definition) is 4. The summed E-state index contributed by atoms with van der Waals surface area (Å²) in [5, 5.41) is 25.1. The van der Waals surface area contributed by atoms with Gasteiger partial charge in [0, 0.05) is 19.4 Å². The summed E-state index contributed by atoms with van der Waals surface area (Å²) < 4.78 is 11.1. The van der Waals surface area contributed by atoms with E-state index >= 15 is 0 Å². The quantitative estimate of drug-likeness (QED) is 0.173. The molecule has 0 spiro atoms. The number of aromatic nitrogens is 1. The average molecular weight is 695 g/mol. The third-order valence-electron chi connectivity index (χ3n) is 8.34. The molecule has 1 saturated heterocycles. The van der Waals surface area contributed by atoms with Crippen LogP contribution in [0.15, 0.2) is 54.0 Å². The third kappa shape index (κ3) is 10.6. The van der Waals surface area contributed by atoms with Crippen LogP contribution in [0, 0.1) is 12.3 Å². The highest BCUT2D eigenvalue weighted by atomic mass is 32.1. The van der Waals surface area contributed by atoms with E-state index in [1.807, 2.05) is 64.4 Å². The summed E-state index contributed by atoms with van der Waals surface area (Å²) in [6.45, 7) is 9.26. The maximum absolute atomic E-state index is 13.9. The largest absolute Gasteiger partial charge is 0.491 e. The van der Waals surface area contributed by atoms with Crippen molar-refractivity contribution < 1.29 is 38.9 Å². The van der Waals surface area contributed by atoms with E-state index < -0.39 is 41.4 Å². The zero-order valence-corrected chi connectivity index (χ0v) is 29.4. The Morgan fingerprint density at radius 1 is 1.04 bits per heavy atom. The van der Waals surface area contributed by atoms with E-state index in [-0.39, 0.29) is 51.2 Å². The molecule has 0 saturated carbocycles. The molecular weight excluding hydrogens is 648 g/mol. The lowest BCUT2D eigenvalue weighted by atomic mass is 9.85. The van der Waals surface area contributed by atoms with Crippen molar-refractivity contribution in [3.05, 3.63) is 70.9 Å². The Morgan fingerprint density at radius 2 is 1.73 bits per heavy atom. The fraction of sp³-hybridized carbons (Fsp3) is 0.472. The van der Waals surface area contributed by atoms with Crippen LogP contribution in [0.3, 0.4) is 0 Å². The molecule has 4 rings (SSSR count). The molecule has 4 atom stereocenters. The maximum atomic E-state index is 13.9. The van der Waals surface area contributed by atoms with Gasteiger partial charge in [0.2, 0.25) is 17.7 Å². The van der Waals surface area contributed by atoms with Gasteiger partial charge < -0.3 is 35.2 Å². The number of aryl methyl sites for hydroxylation is 2. The summed E-state index contributed by atoms with van der Waals surface area (Å²) in [6, 6.07) is 12.8. The van der Waals surface area contributed by atoms with Crippen molar-refractivity contribution in [3.63, 3.8) is 0 Å². The number of aliphatic hydroxyl groups is 1. The minimum absolute atomic E-state index is 0.0228. The van der Waals surface area contributed by atoms with Gasteiger partial charge in [0.1, 0.15) is 31.0 Å². The number of amides is 3. The second-order valence-electron chi connectivity index (χ2n) is 13.3. The molecule has 2 aromatic carbocycles. The number of thiazole rings is 1. The first kappa shape index (κ1) is 37.5. The number of nitrogens with one attached hydrogen (secondary N) is 2. The molecular formula is C36H46N4O8S. The Labute approximate surface area is 290 Å². The first-order valence-electron chi connectivity index (χ1n) is 16.3. The second-order valence-corrected chi connectivity index (χ2v) is 14.2. The molecule has 1 aliphatic rings. The van der Waals surface area contributed by atoms with Crippen LogP contribution in [0.4, 0.5) is 0 Å². The van der Waals surface area contributed by atoms with Crippen molar-refractivity contribution in [1.82, 2.24) is 20.5 Å². The van der Waals surface area contributed by atoms with Crippen molar-refractivity contribution >= 4 is 35.0 Å². The predicted octanol–water partition coefficient (Wildman–Crippen LogP) is 3.90. The Morgan fingerprint density at radius 3 is 2.35 bits per heavy atom. The third-order valence-corrected chi connectivity index (χ3v) is 9.32. The molecule has 13 heteroatoms. The number of carboxylic acid groups (broad SMARTS) is 1.